The Morgan fingerprint density at radius 3 is 2.69 bits per heavy atom. The van der Waals surface area contributed by atoms with E-state index in [1.54, 1.807) is 0 Å². The molecular weight excluding hydrogens is 354 g/mol. The van der Waals surface area contributed by atoms with E-state index in [0.29, 0.717) is 25.3 Å². The first-order chi connectivity index (χ1) is 12.3. The van der Waals surface area contributed by atoms with Gasteiger partial charge in [0.2, 0.25) is 0 Å². The van der Waals surface area contributed by atoms with Crippen molar-refractivity contribution in [1.29, 1.82) is 0 Å². The summed E-state index contributed by atoms with van der Waals surface area (Å²) in [4.78, 5) is 14.4. The van der Waals surface area contributed by atoms with Gasteiger partial charge in [-0.1, -0.05) is 30.3 Å². The molecule has 2 fully saturated rings. The van der Waals surface area contributed by atoms with Crippen molar-refractivity contribution in [2.75, 3.05) is 12.9 Å². The van der Waals surface area contributed by atoms with Crippen LogP contribution in [-0.4, -0.2) is 44.2 Å². The van der Waals surface area contributed by atoms with Crippen LogP contribution in [0.4, 0.5) is 0 Å². The average Bonchev–Trinajstić information content (AvgIpc) is 2.61. The Morgan fingerprint density at radius 2 is 2.00 bits per heavy atom. The maximum Gasteiger partial charge on any atom is 0.305 e. The van der Waals surface area contributed by atoms with Crippen molar-refractivity contribution in [2.24, 2.45) is 11.8 Å². The van der Waals surface area contributed by atoms with Crippen molar-refractivity contribution in [3.05, 3.63) is 47.2 Å². The molecule has 0 spiro atoms. The zero-order chi connectivity index (χ0) is 18.5. The molecule has 2 saturated heterocycles. The Hall–Kier alpha value is -1.86. The van der Waals surface area contributed by atoms with Gasteiger partial charge in [0, 0.05) is 18.9 Å². The van der Waals surface area contributed by atoms with Crippen LogP contribution < -0.4 is 0 Å². The van der Waals surface area contributed by atoms with E-state index >= 15 is 0 Å². The Labute approximate surface area is 153 Å². The SMILES string of the molecule is CC1=C(OS(C)(=O)=O)CC[C@H]2CO[C@H]3C(=O)N(Cc4ccccc4)[C@H]3[C@H]12. The highest BCUT2D eigenvalue weighted by Gasteiger charge is 2.57. The van der Waals surface area contributed by atoms with Gasteiger partial charge in [-0.2, -0.15) is 8.42 Å². The summed E-state index contributed by atoms with van der Waals surface area (Å²) in [5.74, 6) is 0.921. The first-order valence-corrected chi connectivity index (χ1v) is 10.7. The summed E-state index contributed by atoms with van der Waals surface area (Å²) in [6.45, 7) is 3.02. The van der Waals surface area contributed by atoms with Gasteiger partial charge < -0.3 is 13.8 Å². The number of fused-ring (bicyclic) bond motifs is 3. The third-order valence-corrected chi connectivity index (χ3v) is 6.20. The molecule has 1 aromatic rings. The lowest BCUT2D eigenvalue weighted by Crippen LogP contribution is -2.71. The van der Waals surface area contributed by atoms with Crippen LogP contribution in [0.1, 0.15) is 25.3 Å². The van der Waals surface area contributed by atoms with E-state index in [-0.39, 0.29) is 23.8 Å². The zero-order valence-electron chi connectivity index (χ0n) is 14.9. The van der Waals surface area contributed by atoms with Crippen LogP contribution in [0, 0.1) is 11.8 Å². The number of nitrogens with zero attached hydrogens (tertiary/aromatic N) is 1. The van der Waals surface area contributed by atoms with Gasteiger partial charge in [0.25, 0.3) is 5.91 Å². The van der Waals surface area contributed by atoms with Crippen molar-refractivity contribution in [1.82, 2.24) is 4.90 Å². The summed E-state index contributed by atoms with van der Waals surface area (Å²) < 4.78 is 34.2. The third-order valence-electron chi connectivity index (χ3n) is 5.69. The van der Waals surface area contributed by atoms with Crippen molar-refractivity contribution in [3.8, 4) is 0 Å². The Balaban J connectivity index is 1.62. The van der Waals surface area contributed by atoms with Gasteiger partial charge in [0.1, 0.15) is 5.76 Å². The lowest BCUT2D eigenvalue weighted by Gasteiger charge is -2.56. The van der Waals surface area contributed by atoms with E-state index in [9.17, 15) is 13.2 Å². The summed E-state index contributed by atoms with van der Waals surface area (Å²) in [6, 6.07) is 9.82. The standard InChI is InChI=1S/C19H23NO5S/c1-12-15(25-26(2,22)23)9-8-14-11-24-18-17(16(12)14)20(19(18)21)10-13-6-4-3-5-7-13/h3-7,14,16-18H,8-11H2,1-2H3/t14-,16+,17-,18+/m0/s1. The molecule has 4 atom stereocenters. The topological polar surface area (TPSA) is 72.9 Å². The van der Waals surface area contributed by atoms with Gasteiger partial charge in [-0.05, 0) is 30.4 Å². The Morgan fingerprint density at radius 1 is 1.27 bits per heavy atom. The fourth-order valence-corrected chi connectivity index (χ4v) is 5.11. The largest absolute Gasteiger partial charge is 0.387 e. The molecular formula is C19H23NO5S. The molecule has 0 N–H and O–H groups in total. The number of carbonyl (C=O) groups excluding carboxylic acids is 1. The molecule has 140 valence electrons. The summed E-state index contributed by atoms with van der Waals surface area (Å²) in [5.41, 5.74) is 2.02. The molecule has 1 aromatic carbocycles. The van der Waals surface area contributed by atoms with Gasteiger partial charge in [-0.25, -0.2) is 0 Å². The number of benzene rings is 1. The quantitative estimate of drug-likeness (QED) is 0.593. The molecule has 26 heavy (non-hydrogen) atoms. The van der Waals surface area contributed by atoms with Gasteiger partial charge in [0.05, 0.1) is 18.9 Å². The highest BCUT2D eigenvalue weighted by atomic mass is 32.2. The minimum atomic E-state index is -3.55. The highest BCUT2D eigenvalue weighted by Crippen LogP contribution is 2.47. The number of hydrogen-bond acceptors (Lipinski definition) is 5. The number of rotatable bonds is 4. The fourth-order valence-electron chi connectivity index (χ4n) is 4.53. The summed E-state index contributed by atoms with van der Waals surface area (Å²) >= 11 is 0. The fraction of sp³-hybridized carbons (Fsp3) is 0.526. The van der Waals surface area contributed by atoms with E-state index < -0.39 is 16.2 Å². The van der Waals surface area contributed by atoms with E-state index in [2.05, 4.69) is 0 Å². The predicted molar refractivity (Wildman–Crippen MR) is 95.4 cm³/mol. The maximum absolute atomic E-state index is 12.5. The molecule has 0 saturated carbocycles. The molecule has 0 radical (unpaired) electrons. The van der Waals surface area contributed by atoms with Gasteiger partial charge in [-0.15, -0.1) is 0 Å². The third kappa shape index (κ3) is 3.03. The lowest BCUT2D eigenvalue weighted by molar-refractivity contribution is -0.199. The van der Waals surface area contributed by atoms with E-state index in [1.165, 1.54) is 0 Å². The predicted octanol–water partition coefficient (Wildman–Crippen LogP) is 2.07. The van der Waals surface area contributed by atoms with Gasteiger partial charge in [-0.3, -0.25) is 4.79 Å². The van der Waals surface area contributed by atoms with Gasteiger partial charge >= 0.3 is 10.1 Å². The highest BCUT2D eigenvalue weighted by molar-refractivity contribution is 7.86. The number of carbonyl (C=O) groups is 1. The van der Waals surface area contributed by atoms with Crippen LogP contribution in [0.2, 0.25) is 0 Å². The first-order valence-electron chi connectivity index (χ1n) is 8.90. The Kier molecular flexibility index (Phi) is 4.31. The summed E-state index contributed by atoms with van der Waals surface area (Å²) in [6.07, 6.45) is 2.05. The molecule has 0 aromatic heterocycles. The molecule has 0 bridgehead atoms. The molecule has 3 aliphatic rings. The van der Waals surface area contributed by atoms with Gasteiger partial charge in [0.15, 0.2) is 6.10 Å². The van der Waals surface area contributed by atoms with Crippen LogP contribution in [-0.2, 0) is 30.4 Å². The second-order valence-electron chi connectivity index (χ2n) is 7.41. The monoisotopic (exact) mass is 377 g/mol. The smallest absolute Gasteiger partial charge is 0.305 e. The second kappa shape index (κ2) is 6.39. The average molecular weight is 377 g/mol. The number of likely N-dealkylation sites (tertiary alicyclic amines) is 1. The normalized spacial score (nSPS) is 31.2. The number of amides is 1. The van der Waals surface area contributed by atoms with E-state index in [4.69, 9.17) is 8.92 Å². The zero-order valence-corrected chi connectivity index (χ0v) is 15.7. The molecule has 1 aliphatic carbocycles. The van der Waals surface area contributed by atoms with Crippen LogP contribution in [0.15, 0.2) is 41.7 Å². The minimum absolute atomic E-state index is 0.0151. The molecule has 2 heterocycles. The molecule has 1 amide bonds. The van der Waals surface area contributed by atoms with Crippen molar-refractivity contribution < 1.29 is 22.1 Å². The number of allylic oxidation sites excluding steroid dienone is 1. The molecule has 0 unspecified atom stereocenters. The molecule has 6 nitrogen and oxygen atoms in total. The van der Waals surface area contributed by atoms with Crippen LogP contribution >= 0.6 is 0 Å². The first kappa shape index (κ1) is 17.5. The molecule has 7 heteroatoms. The number of β-lactam (4-membered cyclic amide) rings is 1. The minimum Gasteiger partial charge on any atom is -0.387 e. The van der Waals surface area contributed by atoms with Crippen LogP contribution in [0.25, 0.3) is 0 Å². The van der Waals surface area contributed by atoms with Crippen molar-refractivity contribution in [2.45, 2.75) is 38.5 Å². The maximum atomic E-state index is 12.5. The van der Waals surface area contributed by atoms with Crippen molar-refractivity contribution in [3.63, 3.8) is 0 Å². The molecule has 4 rings (SSSR count). The van der Waals surface area contributed by atoms with Crippen molar-refractivity contribution >= 4 is 16.0 Å². The van der Waals surface area contributed by atoms with E-state index in [0.717, 1.165) is 23.8 Å². The van der Waals surface area contributed by atoms with E-state index in [1.807, 2.05) is 42.2 Å². The number of ether oxygens (including phenoxy) is 1. The summed E-state index contributed by atoms with van der Waals surface area (Å²) in [5, 5.41) is 0. The Bertz CT molecular complexity index is 848. The van der Waals surface area contributed by atoms with Crippen LogP contribution in [0.5, 0.6) is 0 Å². The second-order valence-corrected chi connectivity index (χ2v) is 8.99. The van der Waals surface area contributed by atoms with Crippen LogP contribution in [0.3, 0.4) is 0 Å². The summed E-state index contributed by atoms with van der Waals surface area (Å²) in [7, 11) is -3.55. The number of hydrogen-bond donors (Lipinski definition) is 0. The molecule has 2 aliphatic heterocycles. The lowest BCUT2D eigenvalue weighted by atomic mass is 9.68.